The molecule has 1 atom stereocenters. The maximum atomic E-state index is 10.1. The van der Waals surface area contributed by atoms with Crippen molar-refractivity contribution in [3.8, 4) is 5.75 Å². The average Bonchev–Trinajstić information content (AvgIpc) is 2.49. The van der Waals surface area contributed by atoms with Gasteiger partial charge in [0.15, 0.2) is 0 Å². The summed E-state index contributed by atoms with van der Waals surface area (Å²) in [5, 5.41) is 13.6. The van der Waals surface area contributed by atoms with Crippen molar-refractivity contribution in [2.24, 2.45) is 0 Å². The highest BCUT2D eigenvalue weighted by Crippen LogP contribution is 2.31. The molecule has 1 fully saturated rings. The monoisotopic (exact) mass is 277 g/mol. The first kappa shape index (κ1) is 15.3. The van der Waals surface area contributed by atoms with Gasteiger partial charge in [-0.2, -0.15) is 0 Å². The number of ether oxygens (including phenoxy) is 1. The molecule has 0 bridgehead atoms. The van der Waals surface area contributed by atoms with E-state index < -0.39 is 0 Å². The van der Waals surface area contributed by atoms with Crippen molar-refractivity contribution < 1.29 is 9.84 Å². The molecule has 1 saturated heterocycles. The van der Waals surface area contributed by atoms with Crippen molar-refractivity contribution in [2.75, 3.05) is 6.61 Å². The van der Waals surface area contributed by atoms with Crippen molar-refractivity contribution >= 4 is 0 Å². The smallest absolute Gasteiger partial charge is 0.122 e. The van der Waals surface area contributed by atoms with Crippen molar-refractivity contribution in [3.05, 3.63) is 29.3 Å². The van der Waals surface area contributed by atoms with Gasteiger partial charge in [-0.15, -0.1) is 0 Å². The zero-order chi connectivity index (χ0) is 14.6. The number of phenolic OH excluding ortho intramolecular Hbond substituents is 1. The minimum atomic E-state index is 0.0462. The molecule has 1 aliphatic rings. The summed E-state index contributed by atoms with van der Waals surface area (Å²) in [6, 6.07) is 6.40. The third-order valence-corrected chi connectivity index (χ3v) is 4.68. The molecule has 0 saturated carbocycles. The predicted molar refractivity (Wildman–Crippen MR) is 82.0 cm³/mol. The molecular weight excluding hydrogens is 250 g/mol. The van der Waals surface area contributed by atoms with Crippen LogP contribution in [0.1, 0.15) is 50.7 Å². The Kier molecular flexibility index (Phi) is 5.06. The lowest BCUT2D eigenvalue weighted by molar-refractivity contribution is -0.0932. The minimum absolute atomic E-state index is 0.0462. The second-order valence-electron chi connectivity index (χ2n) is 5.89. The highest BCUT2D eigenvalue weighted by Gasteiger charge is 2.34. The van der Waals surface area contributed by atoms with Crippen LogP contribution in [0, 0.1) is 6.92 Å². The van der Waals surface area contributed by atoms with Crippen LogP contribution in [-0.4, -0.2) is 23.4 Å². The number of hydrogen-bond donors (Lipinski definition) is 2. The Morgan fingerprint density at radius 3 is 2.80 bits per heavy atom. The number of phenols is 1. The van der Waals surface area contributed by atoms with E-state index in [0.29, 0.717) is 11.8 Å². The zero-order valence-corrected chi connectivity index (χ0v) is 12.9. The Balaban J connectivity index is 1.95. The number of aryl methyl sites for hydroxylation is 1. The highest BCUT2D eigenvalue weighted by molar-refractivity contribution is 5.39. The number of para-hydroxylation sites is 1. The van der Waals surface area contributed by atoms with Gasteiger partial charge in [0, 0.05) is 24.8 Å². The van der Waals surface area contributed by atoms with Gasteiger partial charge in [-0.05, 0) is 38.2 Å². The van der Waals surface area contributed by atoms with Crippen LogP contribution in [0.25, 0.3) is 0 Å². The van der Waals surface area contributed by atoms with E-state index in [1.54, 1.807) is 0 Å². The average molecular weight is 277 g/mol. The van der Waals surface area contributed by atoms with E-state index in [-0.39, 0.29) is 5.60 Å². The van der Waals surface area contributed by atoms with Crippen LogP contribution in [0.3, 0.4) is 0 Å². The summed E-state index contributed by atoms with van der Waals surface area (Å²) in [4.78, 5) is 0. The topological polar surface area (TPSA) is 41.5 Å². The molecule has 0 aliphatic carbocycles. The lowest BCUT2D eigenvalue weighted by Gasteiger charge is -2.40. The quantitative estimate of drug-likeness (QED) is 0.865. The van der Waals surface area contributed by atoms with Crippen LogP contribution in [0.15, 0.2) is 18.2 Å². The van der Waals surface area contributed by atoms with Crippen molar-refractivity contribution in [2.45, 2.75) is 64.6 Å². The molecule has 3 heteroatoms. The van der Waals surface area contributed by atoms with Crippen molar-refractivity contribution in [3.63, 3.8) is 0 Å². The molecule has 1 heterocycles. The van der Waals surface area contributed by atoms with Gasteiger partial charge in [-0.3, -0.25) is 0 Å². The summed E-state index contributed by atoms with van der Waals surface area (Å²) in [6.45, 7) is 7.91. The van der Waals surface area contributed by atoms with E-state index in [4.69, 9.17) is 4.74 Å². The minimum Gasteiger partial charge on any atom is -0.507 e. The van der Waals surface area contributed by atoms with Gasteiger partial charge < -0.3 is 15.2 Å². The molecule has 1 unspecified atom stereocenters. The van der Waals surface area contributed by atoms with Crippen LogP contribution < -0.4 is 5.32 Å². The van der Waals surface area contributed by atoms with Crippen molar-refractivity contribution in [1.29, 1.82) is 0 Å². The van der Waals surface area contributed by atoms with E-state index in [1.165, 1.54) is 0 Å². The van der Waals surface area contributed by atoms with E-state index in [9.17, 15) is 5.11 Å². The molecule has 2 N–H and O–H groups in total. The fourth-order valence-corrected chi connectivity index (χ4v) is 3.06. The predicted octanol–water partition coefficient (Wildman–Crippen LogP) is 3.53. The van der Waals surface area contributed by atoms with Crippen molar-refractivity contribution in [1.82, 2.24) is 5.32 Å². The SMILES string of the molecule is CCC1(CC)CC(NCc2cccc(C)c2O)CCO1. The molecule has 3 nitrogen and oxygen atoms in total. The molecule has 0 amide bonds. The fourth-order valence-electron chi connectivity index (χ4n) is 3.06. The Labute approximate surface area is 122 Å². The molecule has 112 valence electrons. The summed E-state index contributed by atoms with van der Waals surface area (Å²) in [5.74, 6) is 0.421. The van der Waals surface area contributed by atoms with Gasteiger partial charge in [-0.1, -0.05) is 32.0 Å². The third kappa shape index (κ3) is 3.33. The lowest BCUT2D eigenvalue weighted by atomic mass is 9.86. The van der Waals surface area contributed by atoms with Gasteiger partial charge in [0.05, 0.1) is 5.60 Å². The van der Waals surface area contributed by atoms with Gasteiger partial charge in [0.2, 0.25) is 0 Å². The lowest BCUT2D eigenvalue weighted by Crippen LogP contribution is -2.46. The number of benzene rings is 1. The molecule has 2 rings (SSSR count). The molecule has 0 spiro atoms. The Morgan fingerprint density at radius 2 is 2.10 bits per heavy atom. The fraction of sp³-hybridized carbons (Fsp3) is 0.647. The Morgan fingerprint density at radius 1 is 1.35 bits per heavy atom. The largest absolute Gasteiger partial charge is 0.507 e. The van der Waals surface area contributed by atoms with Crippen LogP contribution in [0.4, 0.5) is 0 Å². The summed E-state index contributed by atoms with van der Waals surface area (Å²) < 4.78 is 6.00. The number of nitrogens with one attached hydrogen (secondary N) is 1. The molecule has 1 aromatic rings. The van der Waals surface area contributed by atoms with E-state index in [0.717, 1.165) is 50.0 Å². The van der Waals surface area contributed by atoms with Gasteiger partial charge >= 0.3 is 0 Å². The van der Waals surface area contributed by atoms with Gasteiger partial charge in [0.1, 0.15) is 5.75 Å². The standard InChI is InChI=1S/C17H27NO2/c1-4-17(5-2)11-15(9-10-20-17)18-12-14-8-6-7-13(3)16(14)19/h6-8,15,18-19H,4-5,9-12H2,1-3H3. The van der Waals surface area contributed by atoms with Crippen LogP contribution in [-0.2, 0) is 11.3 Å². The Hall–Kier alpha value is -1.06. The summed E-state index contributed by atoms with van der Waals surface area (Å²) in [5.41, 5.74) is 1.97. The summed E-state index contributed by atoms with van der Waals surface area (Å²) in [6.07, 6.45) is 4.25. The molecule has 1 aliphatic heterocycles. The van der Waals surface area contributed by atoms with Crippen LogP contribution >= 0.6 is 0 Å². The van der Waals surface area contributed by atoms with E-state index in [2.05, 4.69) is 19.2 Å². The third-order valence-electron chi connectivity index (χ3n) is 4.68. The number of hydrogen-bond acceptors (Lipinski definition) is 3. The molecule has 1 aromatic carbocycles. The number of rotatable bonds is 5. The maximum Gasteiger partial charge on any atom is 0.122 e. The molecule has 20 heavy (non-hydrogen) atoms. The molecule has 0 radical (unpaired) electrons. The maximum absolute atomic E-state index is 10.1. The number of aromatic hydroxyl groups is 1. The molecular formula is C17H27NO2. The second kappa shape index (κ2) is 6.59. The highest BCUT2D eigenvalue weighted by atomic mass is 16.5. The second-order valence-corrected chi connectivity index (χ2v) is 5.89. The normalized spacial score (nSPS) is 21.9. The van der Waals surface area contributed by atoms with Gasteiger partial charge in [0.25, 0.3) is 0 Å². The Bertz CT molecular complexity index is 441. The first-order chi connectivity index (χ1) is 9.60. The van der Waals surface area contributed by atoms with Crippen LogP contribution in [0.5, 0.6) is 5.75 Å². The zero-order valence-electron chi connectivity index (χ0n) is 12.9. The van der Waals surface area contributed by atoms with Gasteiger partial charge in [-0.25, -0.2) is 0 Å². The van der Waals surface area contributed by atoms with Crippen LogP contribution in [0.2, 0.25) is 0 Å². The molecule has 0 aromatic heterocycles. The first-order valence-corrected chi connectivity index (χ1v) is 7.75. The summed E-state index contributed by atoms with van der Waals surface area (Å²) >= 11 is 0. The first-order valence-electron chi connectivity index (χ1n) is 7.75. The summed E-state index contributed by atoms with van der Waals surface area (Å²) in [7, 11) is 0. The van der Waals surface area contributed by atoms with E-state index in [1.807, 2.05) is 25.1 Å². The van der Waals surface area contributed by atoms with E-state index >= 15 is 0 Å².